The normalized spacial score (nSPS) is 19.9. The molecule has 0 radical (unpaired) electrons. The van der Waals surface area contributed by atoms with Crippen molar-refractivity contribution in [3.05, 3.63) is 0 Å². The van der Waals surface area contributed by atoms with Gasteiger partial charge in [-0.3, -0.25) is 4.79 Å². The molecule has 0 aromatic heterocycles. The Hall–Kier alpha value is -1.29. The maximum Gasteiger partial charge on any atom is 0.193 e. The van der Waals surface area contributed by atoms with Gasteiger partial charge in [0, 0.05) is 6.61 Å². The number of carbonyl (C=O) groups is 1. The highest BCUT2D eigenvalue weighted by molar-refractivity contribution is 5.73. The van der Waals surface area contributed by atoms with Crippen LogP contribution < -0.4 is 0 Å². The van der Waals surface area contributed by atoms with E-state index >= 15 is 0 Å². The summed E-state index contributed by atoms with van der Waals surface area (Å²) in [5.41, 5.74) is 0. The molecule has 74 valence electrons. The monoisotopic (exact) mass is 192 g/mol. The van der Waals surface area contributed by atoms with Crippen LogP contribution in [0, 0.1) is 23.7 Å². The van der Waals surface area contributed by atoms with E-state index in [4.69, 9.17) is 9.47 Å². The predicted molar refractivity (Wildman–Crippen MR) is 51.2 cm³/mol. The third-order valence-corrected chi connectivity index (χ3v) is 1.76. The molecular weight excluding hydrogens is 180 g/mol. The van der Waals surface area contributed by atoms with E-state index in [-0.39, 0.29) is 6.29 Å². The number of hydrogen-bond acceptors (Lipinski definition) is 3. The van der Waals surface area contributed by atoms with Crippen LogP contribution in [0.5, 0.6) is 0 Å². The molecule has 3 heteroatoms. The van der Waals surface area contributed by atoms with Crippen molar-refractivity contribution < 1.29 is 14.3 Å². The lowest BCUT2D eigenvalue weighted by Crippen LogP contribution is -2.22. The van der Waals surface area contributed by atoms with E-state index < -0.39 is 0 Å². The van der Waals surface area contributed by atoms with Gasteiger partial charge in [-0.1, -0.05) is 5.92 Å². The third-order valence-electron chi connectivity index (χ3n) is 1.76. The molecule has 1 saturated heterocycles. The molecule has 0 aliphatic carbocycles. The van der Waals surface area contributed by atoms with E-state index in [1.807, 2.05) is 0 Å². The maximum atomic E-state index is 9.79. The van der Waals surface area contributed by atoms with Gasteiger partial charge in [0.05, 0.1) is 0 Å². The molecule has 0 spiro atoms. The van der Waals surface area contributed by atoms with Crippen molar-refractivity contribution in [2.24, 2.45) is 0 Å². The summed E-state index contributed by atoms with van der Waals surface area (Å²) in [6.45, 7) is 1.07. The molecule has 0 saturated carbocycles. The van der Waals surface area contributed by atoms with Crippen LogP contribution in [0.3, 0.4) is 0 Å². The van der Waals surface area contributed by atoms with Crippen LogP contribution in [0.2, 0.25) is 0 Å². The Bertz CT molecular complexity index is 281. The summed E-state index contributed by atoms with van der Waals surface area (Å²) >= 11 is 0. The van der Waals surface area contributed by atoms with Crippen LogP contribution in [0.25, 0.3) is 0 Å². The standard InChI is InChI=1S/C11H12O3/c12-8-4-1-2-5-9-13-11-7-3-6-10-14-11/h8,11H,3,6-7,9-10H2/t11-/m1/s1. The second-order valence-electron chi connectivity index (χ2n) is 2.80. The van der Waals surface area contributed by atoms with Crippen molar-refractivity contribution in [3.63, 3.8) is 0 Å². The molecule has 1 aliphatic rings. The fourth-order valence-electron chi connectivity index (χ4n) is 1.12. The smallest absolute Gasteiger partial charge is 0.193 e. The molecule has 1 atom stereocenters. The van der Waals surface area contributed by atoms with E-state index in [0.29, 0.717) is 12.9 Å². The fourth-order valence-corrected chi connectivity index (χ4v) is 1.12. The lowest BCUT2D eigenvalue weighted by Gasteiger charge is -2.21. The van der Waals surface area contributed by atoms with Crippen molar-refractivity contribution in [1.29, 1.82) is 0 Å². The molecule has 0 N–H and O–H groups in total. The topological polar surface area (TPSA) is 35.5 Å². The molecule has 0 unspecified atom stereocenters. The molecule has 1 heterocycles. The molecular formula is C11H12O3. The van der Waals surface area contributed by atoms with Gasteiger partial charge in [-0.25, -0.2) is 0 Å². The molecule has 1 fully saturated rings. The van der Waals surface area contributed by atoms with E-state index in [1.54, 1.807) is 0 Å². The van der Waals surface area contributed by atoms with Gasteiger partial charge in [-0.05, 0) is 37.0 Å². The van der Waals surface area contributed by atoms with Crippen molar-refractivity contribution in [2.75, 3.05) is 13.2 Å². The molecule has 0 amide bonds. The second kappa shape index (κ2) is 7.15. The first-order chi connectivity index (χ1) is 6.93. The summed E-state index contributed by atoms with van der Waals surface area (Å²) in [7, 11) is 0. The van der Waals surface area contributed by atoms with Crippen molar-refractivity contribution in [3.8, 4) is 23.7 Å². The Morgan fingerprint density at radius 2 is 2.36 bits per heavy atom. The largest absolute Gasteiger partial charge is 0.353 e. The third kappa shape index (κ3) is 4.67. The highest BCUT2D eigenvalue weighted by Gasteiger charge is 2.12. The minimum atomic E-state index is -0.114. The van der Waals surface area contributed by atoms with Crippen LogP contribution in [0.4, 0.5) is 0 Å². The summed E-state index contributed by atoms with van der Waals surface area (Å²) in [6.07, 6.45) is 3.58. The lowest BCUT2D eigenvalue weighted by atomic mass is 10.2. The number of aldehydes is 1. The molecule has 0 bridgehead atoms. The average Bonchev–Trinajstić information content (AvgIpc) is 2.25. The first kappa shape index (κ1) is 10.8. The number of hydrogen-bond donors (Lipinski definition) is 0. The van der Waals surface area contributed by atoms with Gasteiger partial charge in [0.1, 0.15) is 6.61 Å². The van der Waals surface area contributed by atoms with Crippen molar-refractivity contribution >= 4 is 6.29 Å². The first-order valence-corrected chi connectivity index (χ1v) is 4.58. The SMILES string of the molecule is O=CC#CC#CCO[C@H]1CCCCO1. The van der Waals surface area contributed by atoms with Gasteiger partial charge in [0.15, 0.2) is 12.6 Å². The Kier molecular flexibility index (Phi) is 5.51. The zero-order valence-electron chi connectivity index (χ0n) is 7.91. The lowest BCUT2D eigenvalue weighted by molar-refractivity contribution is -0.154. The summed E-state index contributed by atoms with van der Waals surface area (Å²) < 4.78 is 10.6. The highest BCUT2D eigenvalue weighted by atomic mass is 16.7. The van der Waals surface area contributed by atoms with Crippen molar-refractivity contribution in [2.45, 2.75) is 25.6 Å². The Labute approximate surface area is 83.8 Å². The van der Waals surface area contributed by atoms with E-state index in [0.717, 1.165) is 25.9 Å². The molecule has 0 aromatic carbocycles. The van der Waals surface area contributed by atoms with Gasteiger partial charge in [0.2, 0.25) is 0 Å². The number of ether oxygens (including phenoxy) is 2. The van der Waals surface area contributed by atoms with Crippen LogP contribution in [0.1, 0.15) is 19.3 Å². The number of carbonyl (C=O) groups excluding carboxylic acids is 1. The molecule has 0 aromatic rings. The fraction of sp³-hybridized carbons (Fsp3) is 0.545. The number of rotatable bonds is 2. The predicted octanol–water partition coefficient (Wildman–Crippen LogP) is 0.735. The van der Waals surface area contributed by atoms with Gasteiger partial charge in [-0.2, -0.15) is 0 Å². The van der Waals surface area contributed by atoms with Crippen LogP contribution in [-0.4, -0.2) is 25.8 Å². The minimum Gasteiger partial charge on any atom is -0.353 e. The summed E-state index contributed by atoms with van der Waals surface area (Å²) in [6, 6.07) is 0. The van der Waals surface area contributed by atoms with E-state index in [9.17, 15) is 4.79 Å². The molecule has 14 heavy (non-hydrogen) atoms. The highest BCUT2D eigenvalue weighted by Crippen LogP contribution is 2.12. The first-order valence-electron chi connectivity index (χ1n) is 4.58. The minimum absolute atomic E-state index is 0.114. The Morgan fingerprint density at radius 1 is 1.43 bits per heavy atom. The second-order valence-corrected chi connectivity index (χ2v) is 2.80. The van der Waals surface area contributed by atoms with Crippen LogP contribution in [0.15, 0.2) is 0 Å². The molecule has 1 aliphatic heterocycles. The molecule has 1 rings (SSSR count). The summed E-state index contributed by atoms with van der Waals surface area (Å²) in [4.78, 5) is 9.79. The van der Waals surface area contributed by atoms with Gasteiger partial charge in [-0.15, -0.1) is 0 Å². The van der Waals surface area contributed by atoms with E-state index in [1.165, 1.54) is 0 Å². The van der Waals surface area contributed by atoms with Gasteiger partial charge < -0.3 is 9.47 Å². The van der Waals surface area contributed by atoms with Gasteiger partial charge >= 0.3 is 0 Å². The van der Waals surface area contributed by atoms with Crippen LogP contribution in [-0.2, 0) is 14.3 Å². The Balaban J connectivity index is 2.12. The van der Waals surface area contributed by atoms with Gasteiger partial charge in [0.25, 0.3) is 0 Å². The summed E-state index contributed by atoms with van der Waals surface area (Å²) in [5.74, 6) is 9.75. The van der Waals surface area contributed by atoms with E-state index in [2.05, 4.69) is 23.7 Å². The maximum absolute atomic E-state index is 9.79. The van der Waals surface area contributed by atoms with Crippen LogP contribution >= 0.6 is 0 Å². The average molecular weight is 192 g/mol. The Morgan fingerprint density at radius 3 is 3.07 bits per heavy atom. The zero-order valence-corrected chi connectivity index (χ0v) is 7.91. The summed E-state index contributed by atoms with van der Waals surface area (Å²) in [5, 5.41) is 0. The van der Waals surface area contributed by atoms with Crippen molar-refractivity contribution in [1.82, 2.24) is 0 Å². The zero-order chi connectivity index (χ0) is 10.1. The molecule has 3 nitrogen and oxygen atoms in total. The quantitative estimate of drug-likeness (QED) is 0.478.